The van der Waals surface area contributed by atoms with Crippen LogP contribution >= 0.6 is 0 Å². The van der Waals surface area contributed by atoms with Gasteiger partial charge in [-0.25, -0.2) is 0 Å². The zero-order chi connectivity index (χ0) is 17.3. The van der Waals surface area contributed by atoms with E-state index in [2.05, 4.69) is 5.32 Å². The number of amides is 2. The van der Waals surface area contributed by atoms with Crippen molar-refractivity contribution in [3.05, 3.63) is 29.8 Å². The Bertz CT molecular complexity index is 606. The fourth-order valence-corrected chi connectivity index (χ4v) is 3.39. The van der Waals surface area contributed by atoms with Gasteiger partial charge in [0.15, 0.2) is 0 Å². The van der Waals surface area contributed by atoms with Crippen molar-refractivity contribution in [1.29, 1.82) is 0 Å². The van der Waals surface area contributed by atoms with Crippen LogP contribution in [0.2, 0.25) is 0 Å². The molecular formula is C18H25N3O3. The molecule has 2 aliphatic heterocycles. The third-order valence-electron chi connectivity index (χ3n) is 4.61. The molecule has 130 valence electrons. The number of rotatable bonds is 3. The van der Waals surface area contributed by atoms with Crippen molar-refractivity contribution in [3.8, 4) is 0 Å². The number of nitrogens with one attached hydrogen (secondary N) is 1. The Labute approximate surface area is 142 Å². The standard InChI is InChI=1S/C18H25N3O3/c1-12-10-21(11-13(2)24-12)17(22)14-4-6-15(7-5-14)19-16-8-9-20(3)18(16)23/h4-7,12-13,16,19H,8-11H2,1-3H3/t12-,13+,16-/m0/s1. The molecule has 24 heavy (non-hydrogen) atoms. The molecule has 0 bridgehead atoms. The highest BCUT2D eigenvalue weighted by molar-refractivity contribution is 5.95. The minimum Gasteiger partial charge on any atom is -0.374 e. The highest BCUT2D eigenvalue weighted by Crippen LogP contribution is 2.19. The predicted octanol–water partition coefficient (Wildman–Crippen LogP) is 1.58. The molecule has 0 aliphatic carbocycles. The van der Waals surface area contributed by atoms with Crippen molar-refractivity contribution in [1.82, 2.24) is 9.80 Å². The lowest BCUT2D eigenvalue weighted by Crippen LogP contribution is -2.48. The quantitative estimate of drug-likeness (QED) is 0.913. The maximum Gasteiger partial charge on any atom is 0.254 e. The zero-order valence-electron chi connectivity index (χ0n) is 14.5. The summed E-state index contributed by atoms with van der Waals surface area (Å²) < 4.78 is 5.67. The van der Waals surface area contributed by atoms with Gasteiger partial charge in [0.05, 0.1) is 12.2 Å². The number of likely N-dealkylation sites (tertiary alicyclic amines) is 1. The number of ether oxygens (including phenoxy) is 1. The van der Waals surface area contributed by atoms with E-state index in [0.717, 1.165) is 18.7 Å². The van der Waals surface area contributed by atoms with E-state index in [-0.39, 0.29) is 30.1 Å². The summed E-state index contributed by atoms with van der Waals surface area (Å²) in [6.45, 7) is 5.98. The first kappa shape index (κ1) is 16.8. The van der Waals surface area contributed by atoms with Gasteiger partial charge < -0.3 is 19.9 Å². The van der Waals surface area contributed by atoms with Gasteiger partial charge >= 0.3 is 0 Å². The van der Waals surface area contributed by atoms with Crippen molar-refractivity contribution in [2.24, 2.45) is 0 Å². The van der Waals surface area contributed by atoms with Crippen molar-refractivity contribution >= 4 is 17.5 Å². The van der Waals surface area contributed by atoms with E-state index in [1.54, 1.807) is 4.90 Å². The van der Waals surface area contributed by atoms with E-state index in [4.69, 9.17) is 4.74 Å². The van der Waals surface area contributed by atoms with Crippen LogP contribution in [0.1, 0.15) is 30.6 Å². The summed E-state index contributed by atoms with van der Waals surface area (Å²) in [7, 11) is 1.82. The highest BCUT2D eigenvalue weighted by atomic mass is 16.5. The van der Waals surface area contributed by atoms with Crippen LogP contribution in [-0.2, 0) is 9.53 Å². The summed E-state index contributed by atoms with van der Waals surface area (Å²) in [5, 5.41) is 3.24. The molecule has 0 saturated carbocycles. The van der Waals surface area contributed by atoms with Crippen molar-refractivity contribution in [2.45, 2.75) is 38.5 Å². The van der Waals surface area contributed by atoms with Gasteiger partial charge in [0.25, 0.3) is 5.91 Å². The number of carbonyl (C=O) groups excluding carboxylic acids is 2. The molecule has 0 radical (unpaired) electrons. The second kappa shape index (κ2) is 6.81. The van der Waals surface area contributed by atoms with Gasteiger partial charge in [0, 0.05) is 37.9 Å². The first-order valence-electron chi connectivity index (χ1n) is 8.50. The van der Waals surface area contributed by atoms with Crippen molar-refractivity contribution in [2.75, 3.05) is 32.0 Å². The Morgan fingerprint density at radius 1 is 1.17 bits per heavy atom. The highest BCUT2D eigenvalue weighted by Gasteiger charge is 2.29. The van der Waals surface area contributed by atoms with Gasteiger partial charge in [-0.15, -0.1) is 0 Å². The van der Waals surface area contributed by atoms with E-state index in [1.807, 2.05) is 50.1 Å². The number of benzene rings is 1. The smallest absolute Gasteiger partial charge is 0.254 e. The van der Waals surface area contributed by atoms with Crippen molar-refractivity contribution in [3.63, 3.8) is 0 Å². The maximum atomic E-state index is 12.6. The van der Waals surface area contributed by atoms with Gasteiger partial charge in [-0.05, 0) is 44.5 Å². The molecule has 2 heterocycles. The Morgan fingerprint density at radius 3 is 2.33 bits per heavy atom. The summed E-state index contributed by atoms with van der Waals surface area (Å²) in [5.41, 5.74) is 1.53. The zero-order valence-corrected chi connectivity index (χ0v) is 14.5. The Balaban J connectivity index is 1.64. The van der Waals surface area contributed by atoms with Crippen LogP contribution in [0, 0.1) is 0 Å². The normalized spacial score (nSPS) is 27.5. The van der Waals surface area contributed by atoms with Crippen LogP contribution < -0.4 is 5.32 Å². The molecule has 3 rings (SSSR count). The number of hydrogen-bond acceptors (Lipinski definition) is 4. The van der Waals surface area contributed by atoms with E-state index in [1.165, 1.54) is 0 Å². The fraction of sp³-hybridized carbons (Fsp3) is 0.556. The maximum absolute atomic E-state index is 12.6. The van der Waals surface area contributed by atoms with Crippen LogP contribution in [0.3, 0.4) is 0 Å². The van der Waals surface area contributed by atoms with E-state index >= 15 is 0 Å². The number of nitrogens with zero attached hydrogens (tertiary/aromatic N) is 2. The van der Waals surface area contributed by atoms with E-state index in [0.29, 0.717) is 18.7 Å². The average molecular weight is 331 g/mol. The third-order valence-corrected chi connectivity index (χ3v) is 4.61. The lowest BCUT2D eigenvalue weighted by atomic mass is 10.1. The minimum absolute atomic E-state index is 0.0280. The molecule has 1 N–H and O–H groups in total. The predicted molar refractivity (Wildman–Crippen MR) is 92.0 cm³/mol. The molecule has 0 aromatic heterocycles. The summed E-state index contributed by atoms with van der Waals surface area (Å²) in [6.07, 6.45) is 0.924. The first-order valence-corrected chi connectivity index (χ1v) is 8.50. The molecule has 1 aromatic rings. The summed E-state index contributed by atoms with van der Waals surface area (Å²) >= 11 is 0. The largest absolute Gasteiger partial charge is 0.374 e. The Morgan fingerprint density at radius 2 is 1.79 bits per heavy atom. The summed E-state index contributed by atoms with van der Waals surface area (Å²) in [5.74, 6) is 0.145. The molecule has 2 fully saturated rings. The number of morpholine rings is 1. The topological polar surface area (TPSA) is 61.9 Å². The first-order chi connectivity index (χ1) is 11.4. The molecule has 0 spiro atoms. The summed E-state index contributed by atoms with van der Waals surface area (Å²) in [4.78, 5) is 28.2. The molecule has 2 aliphatic rings. The van der Waals surface area contributed by atoms with E-state index < -0.39 is 0 Å². The molecule has 6 nitrogen and oxygen atoms in total. The third kappa shape index (κ3) is 3.53. The van der Waals surface area contributed by atoms with Crippen LogP contribution in [0.5, 0.6) is 0 Å². The molecule has 2 saturated heterocycles. The number of carbonyl (C=O) groups is 2. The monoisotopic (exact) mass is 331 g/mol. The van der Waals surface area contributed by atoms with Gasteiger partial charge in [-0.1, -0.05) is 0 Å². The molecule has 2 amide bonds. The van der Waals surface area contributed by atoms with Crippen LogP contribution in [0.25, 0.3) is 0 Å². The minimum atomic E-state index is -0.169. The average Bonchev–Trinajstić information content (AvgIpc) is 2.86. The Hall–Kier alpha value is -2.08. The van der Waals surface area contributed by atoms with Crippen LogP contribution in [-0.4, -0.2) is 66.5 Å². The lowest BCUT2D eigenvalue weighted by molar-refractivity contribution is -0.127. The molecule has 0 unspecified atom stereocenters. The number of hydrogen-bond donors (Lipinski definition) is 1. The molecule has 3 atom stereocenters. The van der Waals surface area contributed by atoms with Gasteiger partial charge in [0.2, 0.25) is 5.91 Å². The van der Waals surface area contributed by atoms with Crippen LogP contribution in [0.4, 0.5) is 5.69 Å². The van der Waals surface area contributed by atoms with Gasteiger partial charge in [-0.3, -0.25) is 9.59 Å². The molecule has 6 heteroatoms. The van der Waals surface area contributed by atoms with E-state index in [9.17, 15) is 9.59 Å². The second-order valence-corrected chi connectivity index (χ2v) is 6.79. The fourth-order valence-electron chi connectivity index (χ4n) is 3.39. The molecule has 1 aromatic carbocycles. The van der Waals surface area contributed by atoms with Gasteiger partial charge in [-0.2, -0.15) is 0 Å². The lowest BCUT2D eigenvalue weighted by Gasteiger charge is -2.35. The Kier molecular flexibility index (Phi) is 4.76. The number of likely N-dealkylation sites (N-methyl/N-ethyl adjacent to an activating group) is 1. The molecular weight excluding hydrogens is 306 g/mol. The SMILES string of the molecule is C[C@@H]1CN(C(=O)c2ccc(N[C@H]3CCN(C)C3=O)cc2)C[C@H](C)O1. The van der Waals surface area contributed by atoms with Crippen molar-refractivity contribution < 1.29 is 14.3 Å². The summed E-state index contributed by atoms with van der Waals surface area (Å²) in [6, 6.07) is 7.20. The number of anilines is 1. The second-order valence-electron chi connectivity index (χ2n) is 6.79. The van der Waals surface area contributed by atoms with Crippen LogP contribution in [0.15, 0.2) is 24.3 Å². The van der Waals surface area contributed by atoms with Gasteiger partial charge in [0.1, 0.15) is 6.04 Å².